The van der Waals surface area contributed by atoms with Crippen LogP contribution in [-0.4, -0.2) is 132 Å². The number of hydrogen-bond donors (Lipinski definition) is 8. The van der Waals surface area contributed by atoms with Crippen LogP contribution in [0.5, 0.6) is 0 Å². The molecular weight excluding hydrogens is 717 g/mol. The predicted octanol–water partition coefficient (Wildman–Crippen LogP) is -2.17. The molecule has 3 aliphatic heterocycles. The third-order valence-corrected chi connectivity index (χ3v) is 10.0. The second-order valence-electron chi connectivity index (χ2n) is 11.0. The van der Waals surface area contributed by atoms with Crippen LogP contribution in [0.25, 0.3) is 0 Å². The number of anilines is 1. The van der Waals surface area contributed by atoms with Crippen molar-refractivity contribution in [2.45, 2.75) is 63.9 Å². The number of hydrogen-bond acceptors (Lipinski definition) is 15. The van der Waals surface area contributed by atoms with Gasteiger partial charge in [0, 0.05) is 29.0 Å². The van der Waals surface area contributed by atoms with E-state index in [1.165, 1.54) is 42.8 Å². The van der Waals surface area contributed by atoms with Crippen molar-refractivity contribution in [3.8, 4) is 0 Å². The number of amides is 3. The highest BCUT2D eigenvalue weighted by Crippen LogP contribution is 2.46. The Morgan fingerprint density at radius 2 is 1.94 bits per heavy atom. The molecule has 1 aromatic heterocycles. The highest BCUT2D eigenvalue weighted by molar-refractivity contribution is 8.03. The normalized spacial score (nSPS) is 22.4. The molecule has 2 saturated heterocycles. The molecule has 2 fully saturated rings. The summed E-state index contributed by atoms with van der Waals surface area (Å²) in [6.07, 6.45) is 0.808. The molecule has 0 aliphatic carbocycles. The van der Waals surface area contributed by atoms with Gasteiger partial charge in [0.2, 0.25) is 11.5 Å². The first kappa shape index (κ1) is 40.8. The fraction of sp³-hybridized carbons (Fsp3) is 0.520. The van der Waals surface area contributed by atoms with Crippen molar-refractivity contribution in [3.63, 3.8) is 0 Å². The van der Waals surface area contributed by atoms with Crippen molar-refractivity contribution < 1.29 is 62.6 Å². The molecule has 0 saturated carbocycles. The maximum Gasteiger partial charge on any atom is 0.362 e. The van der Waals surface area contributed by atoms with E-state index in [4.69, 9.17) is 25.6 Å². The number of nitrogens with one attached hydrogen (secondary N) is 3. The van der Waals surface area contributed by atoms with Crippen molar-refractivity contribution in [3.05, 3.63) is 21.7 Å². The Labute approximate surface area is 287 Å². The van der Waals surface area contributed by atoms with Crippen LogP contribution in [0.15, 0.2) is 21.1 Å². The number of aliphatic carboxylic acids is 2. The third-order valence-electron chi connectivity index (χ3n) is 7.25. The number of nitrogen functional groups attached to an aromatic ring is 1. The number of nitrogens with two attached hydrogens (primary N) is 1. The highest BCUT2D eigenvalue weighted by atomic mass is 32.2. The monoisotopic (exact) mass is 752 g/mol. The topological polar surface area (TPSA) is 347 Å². The zero-order chi connectivity index (χ0) is 36.3. The highest BCUT2D eigenvalue weighted by Gasteiger charge is 2.56. The van der Waals surface area contributed by atoms with Gasteiger partial charge in [0.05, 0.1) is 30.4 Å². The molecule has 3 amide bonds. The van der Waals surface area contributed by atoms with E-state index in [0.717, 1.165) is 17.7 Å². The molecular formula is C25H36N8O13S3. The molecule has 0 bridgehead atoms. The van der Waals surface area contributed by atoms with Gasteiger partial charge in [0.15, 0.2) is 10.8 Å². The fourth-order valence-corrected chi connectivity index (χ4v) is 7.29. The first-order valence-corrected chi connectivity index (χ1v) is 17.2. The van der Waals surface area contributed by atoms with Crippen molar-refractivity contribution >= 4 is 80.2 Å². The zero-order valence-corrected chi connectivity index (χ0v) is 28.8. The number of carbonyl (C=O) groups excluding carboxylic acids is 3. The second-order valence-corrected chi connectivity index (χ2v) is 14.4. The number of rotatable bonds is 14. The number of aliphatic hydroxyl groups is 1. The maximum absolute atomic E-state index is 12.6. The smallest absolute Gasteiger partial charge is 0.362 e. The summed E-state index contributed by atoms with van der Waals surface area (Å²) in [7, 11) is -4.76. The molecule has 272 valence electrons. The summed E-state index contributed by atoms with van der Waals surface area (Å²) in [4.78, 5) is 69.6. The van der Waals surface area contributed by atoms with Crippen LogP contribution in [0.1, 0.15) is 39.8 Å². The summed E-state index contributed by atoms with van der Waals surface area (Å²) in [6.45, 7) is 5.81. The van der Waals surface area contributed by atoms with Gasteiger partial charge in [-0.15, -0.1) is 23.1 Å². The van der Waals surface area contributed by atoms with Gasteiger partial charge in [-0.2, -0.15) is 8.42 Å². The average Bonchev–Trinajstić information content (AvgIpc) is 3.54. The van der Waals surface area contributed by atoms with Crippen LogP contribution in [0.3, 0.4) is 0 Å². The molecule has 0 spiro atoms. The minimum atomic E-state index is -4.76. The summed E-state index contributed by atoms with van der Waals surface area (Å²) in [5.41, 5.74) is 3.31. The lowest BCUT2D eigenvalue weighted by Crippen LogP contribution is -2.71. The number of β-lactam (4-membered cyclic amide) rings is 2. The second kappa shape index (κ2) is 15.9. The van der Waals surface area contributed by atoms with Crippen molar-refractivity contribution in [1.82, 2.24) is 24.8 Å². The number of aliphatic hydroxyl groups excluding tert-OH is 1. The number of oxime groups is 1. The van der Waals surface area contributed by atoms with Gasteiger partial charge in [-0.1, -0.05) is 5.16 Å². The molecule has 3 aliphatic rings. The van der Waals surface area contributed by atoms with E-state index in [2.05, 4.69) is 20.8 Å². The van der Waals surface area contributed by atoms with E-state index in [1.807, 2.05) is 0 Å². The van der Waals surface area contributed by atoms with Crippen LogP contribution >= 0.6 is 23.1 Å². The lowest BCUT2D eigenvalue weighted by atomic mass is 9.83. The molecule has 1 aromatic rings. The SMILES string of the molecule is C[C@@H](O)[C@H]1C(=O)N2C(C(=O)O)=C(SCCNC=N)C[C@H]12.C[C@H]1[C@H](NC(=O)/C(=N\OC(C)(C)C(=O)O)c2csc(N)n2)C(=O)N1S(=O)(=O)O.O. The molecule has 0 unspecified atom stereocenters. The van der Waals surface area contributed by atoms with Gasteiger partial charge in [-0.3, -0.25) is 24.3 Å². The summed E-state index contributed by atoms with van der Waals surface area (Å²) in [6, 6.07) is -2.54. The number of carboxylic acids is 2. The van der Waals surface area contributed by atoms with E-state index in [1.54, 1.807) is 6.92 Å². The van der Waals surface area contributed by atoms with E-state index in [0.29, 0.717) is 23.6 Å². The van der Waals surface area contributed by atoms with Gasteiger partial charge in [-0.25, -0.2) is 18.9 Å². The van der Waals surface area contributed by atoms with E-state index < -0.39 is 69.5 Å². The number of carbonyl (C=O) groups is 5. The number of fused-ring (bicyclic) bond motifs is 1. The number of aromatic nitrogens is 1. The predicted molar refractivity (Wildman–Crippen MR) is 174 cm³/mol. The minimum absolute atomic E-state index is 0. The standard InChI is InChI=1S/C13H17N5O8S2.C12H17N3O4S.H2O/c1-5-7(10(20)18(5)28(23,24)25)16-9(19)8(6-4-27-12(14)15-6)17-26-13(2,3)11(21)22;1-6(16)9-7-4-8(20-3-2-14-5-13)10(12(18)19)15(7)11(9)17;/h4-5,7H,1-3H3,(H2,14,15)(H,16,19)(H,21,22)(H,23,24,25);5-7,9,16H,2-4H2,1H3,(H2,13,14)(H,18,19);1H2/b17-8-;;/t5-,7-;6-,7-,9-;/m01./s1. The van der Waals surface area contributed by atoms with Crippen LogP contribution < -0.4 is 16.4 Å². The zero-order valence-electron chi connectivity index (χ0n) is 26.3. The van der Waals surface area contributed by atoms with Crippen molar-refractivity contribution in [1.29, 1.82) is 5.41 Å². The van der Waals surface area contributed by atoms with Gasteiger partial charge in [0.1, 0.15) is 17.4 Å². The Morgan fingerprint density at radius 1 is 1.31 bits per heavy atom. The van der Waals surface area contributed by atoms with E-state index in [9.17, 15) is 42.6 Å². The third kappa shape index (κ3) is 8.82. The molecule has 0 radical (unpaired) electrons. The Bertz CT molecular complexity index is 1660. The Morgan fingerprint density at radius 3 is 2.41 bits per heavy atom. The summed E-state index contributed by atoms with van der Waals surface area (Å²) in [5.74, 6) is -4.67. The number of thioether (sulfide) groups is 1. The number of nitrogens with zero attached hydrogens (tertiary/aromatic N) is 4. The molecule has 49 heavy (non-hydrogen) atoms. The summed E-state index contributed by atoms with van der Waals surface area (Å²) < 4.78 is 31.4. The van der Waals surface area contributed by atoms with Gasteiger partial charge >= 0.3 is 22.2 Å². The molecule has 24 heteroatoms. The maximum atomic E-state index is 12.6. The number of carboxylic acid groups (broad SMARTS) is 2. The average molecular weight is 753 g/mol. The Hall–Kier alpha value is -4.36. The molecule has 4 heterocycles. The van der Waals surface area contributed by atoms with E-state index >= 15 is 0 Å². The van der Waals surface area contributed by atoms with Crippen LogP contribution in [0.2, 0.25) is 0 Å². The minimum Gasteiger partial charge on any atom is -0.478 e. The largest absolute Gasteiger partial charge is 0.478 e. The summed E-state index contributed by atoms with van der Waals surface area (Å²) in [5, 5.41) is 44.8. The lowest BCUT2D eigenvalue weighted by molar-refractivity contribution is -0.161. The molecule has 21 nitrogen and oxygen atoms in total. The van der Waals surface area contributed by atoms with Crippen LogP contribution in [-0.2, 0) is 39.1 Å². The first-order valence-electron chi connectivity index (χ1n) is 13.9. The van der Waals surface area contributed by atoms with E-state index in [-0.39, 0.29) is 38.3 Å². The van der Waals surface area contributed by atoms with Crippen LogP contribution in [0, 0.1) is 11.3 Å². The van der Waals surface area contributed by atoms with Gasteiger partial charge in [-0.05, 0) is 27.7 Å². The molecule has 5 atom stereocenters. The Balaban J connectivity index is 0.000000351. The van der Waals surface area contributed by atoms with Crippen LogP contribution in [0.4, 0.5) is 5.13 Å². The van der Waals surface area contributed by atoms with Crippen molar-refractivity contribution in [2.24, 2.45) is 11.1 Å². The lowest BCUT2D eigenvalue weighted by Gasteiger charge is -2.44. The van der Waals surface area contributed by atoms with Gasteiger partial charge in [0.25, 0.3) is 11.8 Å². The quantitative estimate of drug-likeness (QED) is 0.0250. The fourth-order valence-electron chi connectivity index (χ4n) is 4.78. The first-order chi connectivity index (χ1) is 22.2. The number of thiazole rings is 1. The van der Waals surface area contributed by atoms with Crippen molar-refractivity contribution in [2.75, 3.05) is 18.0 Å². The Kier molecular flexibility index (Phi) is 13.2. The van der Waals surface area contributed by atoms with Gasteiger partial charge < -0.3 is 46.9 Å². The molecule has 0 aromatic carbocycles. The molecule has 4 rings (SSSR count). The summed E-state index contributed by atoms with van der Waals surface area (Å²) >= 11 is 2.36. The molecule has 11 N–H and O–H groups in total.